The minimum absolute atomic E-state index is 1.10. The Morgan fingerprint density at radius 3 is 1.74 bits per heavy atom. The molecule has 0 aliphatic rings. The first-order valence-corrected chi connectivity index (χ1v) is 19.2. The van der Waals surface area contributed by atoms with Crippen LogP contribution >= 0.6 is 11.3 Å². The van der Waals surface area contributed by atoms with Gasteiger partial charge in [-0.25, -0.2) is 0 Å². The zero-order valence-corrected chi connectivity index (χ0v) is 30.4. The van der Waals surface area contributed by atoms with E-state index in [0.29, 0.717) is 0 Å². The fraction of sp³-hybridized carbons (Fsp3) is 0. The summed E-state index contributed by atoms with van der Waals surface area (Å²) in [6.45, 7) is 0. The van der Waals surface area contributed by atoms with Crippen molar-refractivity contribution in [1.82, 2.24) is 0 Å². The Morgan fingerprint density at radius 2 is 0.870 bits per heavy atom. The van der Waals surface area contributed by atoms with Crippen LogP contribution in [0.1, 0.15) is 0 Å². The molecular weight excluding hydrogens is 671 g/mol. The third kappa shape index (κ3) is 5.93. The molecule has 10 aromatic rings. The first-order valence-electron chi connectivity index (χ1n) is 18.4. The van der Waals surface area contributed by atoms with Crippen molar-refractivity contribution in [3.63, 3.8) is 0 Å². The molecule has 1 heterocycles. The van der Waals surface area contributed by atoms with Gasteiger partial charge < -0.3 is 4.90 Å². The van der Waals surface area contributed by atoms with E-state index in [0.717, 1.165) is 17.1 Å². The summed E-state index contributed by atoms with van der Waals surface area (Å²) >= 11 is 1.86. The van der Waals surface area contributed by atoms with Crippen LogP contribution in [0.3, 0.4) is 0 Å². The van der Waals surface area contributed by atoms with Crippen molar-refractivity contribution in [2.45, 2.75) is 0 Å². The van der Waals surface area contributed by atoms with Gasteiger partial charge >= 0.3 is 0 Å². The predicted molar refractivity (Wildman–Crippen MR) is 233 cm³/mol. The van der Waals surface area contributed by atoms with Gasteiger partial charge in [0.05, 0.1) is 5.69 Å². The molecule has 0 aliphatic carbocycles. The molecule has 10 rings (SSSR count). The Labute approximate surface area is 319 Å². The Kier molecular flexibility index (Phi) is 8.09. The van der Waals surface area contributed by atoms with E-state index in [1.54, 1.807) is 0 Å². The second-order valence-electron chi connectivity index (χ2n) is 13.8. The van der Waals surface area contributed by atoms with E-state index < -0.39 is 0 Å². The number of fused-ring (bicyclic) bond motifs is 4. The average molecular weight is 706 g/mol. The van der Waals surface area contributed by atoms with Crippen LogP contribution in [0.25, 0.3) is 75.5 Å². The lowest BCUT2D eigenvalue weighted by Gasteiger charge is -2.28. The van der Waals surface area contributed by atoms with Crippen LogP contribution in [0.5, 0.6) is 0 Å². The molecule has 0 fully saturated rings. The van der Waals surface area contributed by atoms with Crippen molar-refractivity contribution in [1.29, 1.82) is 0 Å². The number of hydrogen-bond donors (Lipinski definition) is 0. The van der Waals surface area contributed by atoms with Crippen LogP contribution in [0.4, 0.5) is 17.1 Å². The van der Waals surface area contributed by atoms with Crippen LogP contribution in [-0.4, -0.2) is 0 Å². The number of rotatable bonds is 7. The van der Waals surface area contributed by atoms with Crippen molar-refractivity contribution in [2.75, 3.05) is 4.90 Å². The highest BCUT2D eigenvalue weighted by Gasteiger charge is 2.18. The molecule has 0 aliphatic heterocycles. The molecule has 54 heavy (non-hydrogen) atoms. The number of nitrogens with zero attached hydrogens (tertiary/aromatic N) is 1. The van der Waals surface area contributed by atoms with Gasteiger partial charge in [-0.05, 0) is 98.2 Å². The van der Waals surface area contributed by atoms with Gasteiger partial charge in [-0.3, -0.25) is 0 Å². The first-order chi connectivity index (χ1) is 26.7. The summed E-state index contributed by atoms with van der Waals surface area (Å²) in [4.78, 5) is 2.41. The van der Waals surface area contributed by atoms with E-state index >= 15 is 0 Å². The molecule has 0 atom stereocenters. The lowest BCUT2D eigenvalue weighted by molar-refractivity contribution is 1.28. The van der Waals surface area contributed by atoms with Gasteiger partial charge in [0.25, 0.3) is 0 Å². The van der Waals surface area contributed by atoms with Crippen LogP contribution in [-0.2, 0) is 0 Å². The number of benzene rings is 9. The van der Waals surface area contributed by atoms with Crippen molar-refractivity contribution < 1.29 is 0 Å². The third-order valence-corrected chi connectivity index (χ3v) is 11.6. The predicted octanol–water partition coefficient (Wildman–Crippen LogP) is 15.3. The monoisotopic (exact) mass is 705 g/mol. The fourth-order valence-electron chi connectivity index (χ4n) is 7.71. The largest absolute Gasteiger partial charge is 0.310 e. The molecule has 1 aromatic heterocycles. The van der Waals surface area contributed by atoms with Crippen LogP contribution in [0.2, 0.25) is 0 Å². The van der Waals surface area contributed by atoms with Crippen molar-refractivity contribution in [2.24, 2.45) is 0 Å². The zero-order valence-electron chi connectivity index (χ0n) is 29.6. The Bertz CT molecular complexity index is 2920. The summed E-state index contributed by atoms with van der Waals surface area (Å²) in [7, 11) is 0. The van der Waals surface area contributed by atoms with E-state index in [2.05, 4.69) is 217 Å². The SMILES string of the molecule is c1ccc(-c2ccc(-c3ccccc3N(c3ccc(-c4ccc5c(c4)sc4ccccc45)cc3)c3cccc(-c4ccc5ccccc5c4)c3)cc2)cc1. The summed E-state index contributed by atoms with van der Waals surface area (Å²) in [5.74, 6) is 0. The number of anilines is 3. The fourth-order valence-corrected chi connectivity index (χ4v) is 8.86. The van der Waals surface area contributed by atoms with Gasteiger partial charge in [-0.2, -0.15) is 0 Å². The maximum absolute atomic E-state index is 2.41. The topological polar surface area (TPSA) is 3.24 Å². The zero-order chi connectivity index (χ0) is 35.8. The van der Waals surface area contributed by atoms with Gasteiger partial charge in [0.15, 0.2) is 0 Å². The Balaban J connectivity index is 1.08. The summed E-state index contributed by atoms with van der Waals surface area (Å²) in [5, 5.41) is 5.14. The van der Waals surface area contributed by atoms with E-state index in [1.807, 2.05) is 11.3 Å². The quantitative estimate of drug-likeness (QED) is 0.160. The lowest BCUT2D eigenvalue weighted by Crippen LogP contribution is -2.11. The highest BCUT2D eigenvalue weighted by Crippen LogP contribution is 2.43. The molecule has 2 heteroatoms. The highest BCUT2D eigenvalue weighted by molar-refractivity contribution is 7.25. The molecule has 1 nitrogen and oxygen atoms in total. The Hall–Kier alpha value is -6.74. The van der Waals surface area contributed by atoms with Crippen LogP contribution < -0.4 is 4.90 Å². The summed E-state index contributed by atoms with van der Waals surface area (Å²) in [5.41, 5.74) is 12.9. The summed E-state index contributed by atoms with van der Waals surface area (Å²) < 4.78 is 2.65. The maximum atomic E-state index is 2.41. The molecule has 0 bridgehead atoms. The average Bonchev–Trinajstić information content (AvgIpc) is 3.63. The molecule has 0 N–H and O–H groups in total. The second kappa shape index (κ2) is 13.7. The molecule has 9 aromatic carbocycles. The highest BCUT2D eigenvalue weighted by atomic mass is 32.1. The minimum Gasteiger partial charge on any atom is -0.310 e. The molecule has 0 saturated carbocycles. The van der Waals surface area contributed by atoms with Gasteiger partial charge in [-0.1, -0.05) is 164 Å². The molecule has 0 radical (unpaired) electrons. The normalized spacial score (nSPS) is 11.3. The van der Waals surface area contributed by atoms with Crippen molar-refractivity contribution in [3.8, 4) is 44.5 Å². The number of hydrogen-bond acceptors (Lipinski definition) is 2. The summed E-state index contributed by atoms with van der Waals surface area (Å²) in [6, 6.07) is 77.2. The number of para-hydroxylation sites is 1. The third-order valence-electron chi connectivity index (χ3n) is 10.5. The number of thiophene rings is 1. The standard InChI is InChI=1S/C52H35NS/c1-2-11-36(12-3-1)38-21-24-40(25-22-38)47-17-6-8-19-50(47)53(46-16-10-15-42(34-46)43-26-23-37-13-4-5-14-41(37)33-43)45-30-27-39(28-31-45)44-29-32-49-48-18-7-9-20-51(48)54-52(49)35-44/h1-35H. The molecule has 254 valence electrons. The molecule has 0 saturated heterocycles. The lowest BCUT2D eigenvalue weighted by atomic mass is 9.97. The van der Waals surface area contributed by atoms with Crippen LogP contribution in [0, 0.1) is 0 Å². The van der Waals surface area contributed by atoms with Crippen LogP contribution in [0.15, 0.2) is 212 Å². The molecular formula is C52H35NS. The maximum Gasteiger partial charge on any atom is 0.0540 e. The Morgan fingerprint density at radius 1 is 0.296 bits per heavy atom. The van der Waals surface area contributed by atoms with E-state index in [1.165, 1.54) is 75.5 Å². The first kappa shape index (κ1) is 32.0. The van der Waals surface area contributed by atoms with Gasteiger partial charge in [0.2, 0.25) is 0 Å². The van der Waals surface area contributed by atoms with Crippen molar-refractivity contribution in [3.05, 3.63) is 212 Å². The minimum atomic E-state index is 1.10. The second-order valence-corrected chi connectivity index (χ2v) is 14.8. The summed E-state index contributed by atoms with van der Waals surface area (Å²) in [6.07, 6.45) is 0. The molecule has 0 unspecified atom stereocenters. The van der Waals surface area contributed by atoms with Gasteiger partial charge in [-0.15, -0.1) is 11.3 Å². The van der Waals surface area contributed by atoms with Gasteiger partial charge in [0.1, 0.15) is 0 Å². The van der Waals surface area contributed by atoms with E-state index in [4.69, 9.17) is 0 Å². The molecule has 0 spiro atoms. The van der Waals surface area contributed by atoms with Crippen molar-refractivity contribution >= 4 is 59.3 Å². The van der Waals surface area contributed by atoms with E-state index in [-0.39, 0.29) is 0 Å². The molecule has 0 amide bonds. The van der Waals surface area contributed by atoms with Gasteiger partial charge in [0, 0.05) is 37.1 Å². The smallest absolute Gasteiger partial charge is 0.0540 e. The van der Waals surface area contributed by atoms with E-state index in [9.17, 15) is 0 Å².